The van der Waals surface area contributed by atoms with Gasteiger partial charge in [-0.1, -0.05) is 6.07 Å². The number of methoxy groups -OCH3 is 2. The van der Waals surface area contributed by atoms with Crippen LogP contribution in [0.4, 0.5) is 0 Å². The number of rotatable bonds is 7. The Bertz CT molecular complexity index is 486. The van der Waals surface area contributed by atoms with Crippen LogP contribution in [0.2, 0.25) is 0 Å². The molecule has 0 aliphatic heterocycles. The van der Waals surface area contributed by atoms with E-state index in [1.165, 1.54) is 0 Å². The normalized spacial score (nSPS) is 11.1. The number of benzene rings is 1. The van der Waals surface area contributed by atoms with Gasteiger partial charge in [-0.25, -0.2) is 0 Å². The first kappa shape index (κ1) is 16.4. The molecule has 0 saturated heterocycles. The number of ether oxygens (including phenoxy) is 2. The van der Waals surface area contributed by atoms with E-state index in [1.54, 1.807) is 27.2 Å². The van der Waals surface area contributed by atoms with E-state index in [4.69, 9.17) is 21.1 Å². The largest absolute Gasteiger partial charge is 0.493 e. The number of alkyl halides is 1. The number of hydrogen-bond donors (Lipinski definition) is 1. The first-order chi connectivity index (χ1) is 9.62. The lowest BCUT2D eigenvalue weighted by Gasteiger charge is -2.08. The van der Waals surface area contributed by atoms with Crippen molar-refractivity contribution >= 4 is 23.6 Å². The molecule has 1 aromatic rings. The van der Waals surface area contributed by atoms with Crippen LogP contribution in [0.5, 0.6) is 11.5 Å². The average Bonchev–Trinajstić information content (AvgIpc) is 2.47. The summed E-state index contributed by atoms with van der Waals surface area (Å²) in [6.07, 6.45) is 2.56. The number of carbonyl (C=O) groups excluding carboxylic acids is 1. The van der Waals surface area contributed by atoms with Crippen LogP contribution in [0.15, 0.2) is 23.8 Å². The van der Waals surface area contributed by atoms with E-state index in [9.17, 15) is 4.79 Å². The van der Waals surface area contributed by atoms with E-state index in [0.29, 0.717) is 29.5 Å². The van der Waals surface area contributed by atoms with Crippen molar-refractivity contribution in [2.45, 2.75) is 13.3 Å². The quantitative estimate of drug-likeness (QED) is 0.478. The minimum atomic E-state index is -0.0927. The van der Waals surface area contributed by atoms with Crippen LogP contribution in [0.25, 0.3) is 6.08 Å². The molecule has 0 heterocycles. The molecule has 110 valence electrons. The van der Waals surface area contributed by atoms with Gasteiger partial charge < -0.3 is 14.8 Å². The Kier molecular flexibility index (Phi) is 6.94. The topological polar surface area (TPSA) is 47.6 Å². The highest BCUT2D eigenvalue weighted by atomic mass is 35.5. The fourth-order valence-corrected chi connectivity index (χ4v) is 1.80. The molecule has 0 aliphatic rings. The average molecular weight is 298 g/mol. The molecule has 0 bridgehead atoms. The van der Waals surface area contributed by atoms with Gasteiger partial charge in [-0.3, -0.25) is 4.79 Å². The van der Waals surface area contributed by atoms with Crippen LogP contribution in [0, 0.1) is 0 Å². The van der Waals surface area contributed by atoms with E-state index in [-0.39, 0.29) is 5.91 Å². The first-order valence-corrected chi connectivity index (χ1v) is 6.90. The summed E-state index contributed by atoms with van der Waals surface area (Å²) in [6, 6.07) is 5.51. The van der Waals surface area contributed by atoms with Gasteiger partial charge in [-0.05, 0) is 37.1 Å². The van der Waals surface area contributed by atoms with Crippen LogP contribution in [0.3, 0.4) is 0 Å². The molecule has 1 N–H and O–H groups in total. The lowest BCUT2D eigenvalue weighted by Crippen LogP contribution is -2.25. The number of carbonyl (C=O) groups is 1. The Hall–Kier alpha value is -1.68. The molecule has 0 saturated carbocycles. The molecule has 0 atom stereocenters. The van der Waals surface area contributed by atoms with Crippen molar-refractivity contribution in [1.29, 1.82) is 0 Å². The van der Waals surface area contributed by atoms with E-state index in [0.717, 1.165) is 12.0 Å². The summed E-state index contributed by atoms with van der Waals surface area (Å²) in [5.41, 5.74) is 1.51. The standard InChI is InChI=1S/C15H20ClNO3/c1-11(15(18)17-8-4-7-16)9-12-5-6-13(19-2)14(10-12)20-3/h5-6,9-10H,4,7-8H2,1-3H3,(H,17,18)/b11-9+. The highest BCUT2D eigenvalue weighted by molar-refractivity contribution is 6.17. The Morgan fingerprint density at radius 1 is 1.30 bits per heavy atom. The van der Waals surface area contributed by atoms with Crippen molar-refractivity contribution in [1.82, 2.24) is 5.32 Å². The highest BCUT2D eigenvalue weighted by Crippen LogP contribution is 2.28. The molecule has 4 nitrogen and oxygen atoms in total. The van der Waals surface area contributed by atoms with Gasteiger partial charge in [0.15, 0.2) is 11.5 Å². The predicted octanol–water partition coefficient (Wildman–Crippen LogP) is 2.85. The summed E-state index contributed by atoms with van der Waals surface area (Å²) in [5, 5.41) is 2.81. The lowest BCUT2D eigenvalue weighted by molar-refractivity contribution is -0.117. The van der Waals surface area contributed by atoms with Crippen LogP contribution in [0.1, 0.15) is 18.9 Å². The highest BCUT2D eigenvalue weighted by Gasteiger charge is 2.06. The molecular formula is C15H20ClNO3. The van der Waals surface area contributed by atoms with Gasteiger partial charge >= 0.3 is 0 Å². The second-order valence-corrected chi connectivity index (χ2v) is 4.62. The summed E-state index contributed by atoms with van der Waals surface area (Å²) in [7, 11) is 3.17. The van der Waals surface area contributed by atoms with Gasteiger partial charge in [0.05, 0.1) is 14.2 Å². The molecule has 5 heteroatoms. The third-order valence-electron chi connectivity index (χ3n) is 2.74. The van der Waals surface area contributed by atoms with Crippen LogP contribution in [-0.4, -0.2) is 32.6 Å². The van der Waals surface area contributed by atoms with Gasteiger partial charge in [-0.15, -0.1) is 11.6 Å². The molecule has 0 fully saturated rings. The second kappa shape index (κ2) is 8.48. The maximum Gasteiger partial charge on any atom is 0.246 e. The molecule has 0 aliphatic carbocycles. The fraction of sp³-hybridized carbons (Fsp3) is 0.400. The van der Waals surface area contributed by atoms with Crippen molar-refractivity contribution < 1.29 is 14.3 Å². The van der Waals surface area contributed by atoms with Crippen LogP contribution in [-0.2, 0) is 4.79 Å². The molecule has 0 aromatic heterocycles. The molecule has 1 rings (SSSR count). The van der Waals surface area contributed by atoms with Crippen LogP contribution >= 0.6 is 11.6 Å². The minimum Gasteiger partial charge on any atom is -0.493 e. The maximum absolute atomic E-state index is 11.8. The zero-order valence-electron chi connectivity index (χ0n) is 12.0. The molecule has 20 heavy (non-hydrogen) atoms. The third-order valence-corrected chi connectivity index (χ3v) is 3.01. The summed E-state index contributed by atoms with van der Waals surface area (Å²) in [6.45, 7) is 2.35. The van der Waals surface area contributed by atoms with Crippen molar-refractivity contribution in [2.24, 2.45) is 0 Å². The summed E-state index contributed by atoms with van der Waals surface area (Å²) in [5.74, 6) is 1.74. The summed E-state index contributed by atoms with van der Waals surface area (Å²) < 4.78 is 10.4. The third kappa shape index (κ3) is 4.78. The van der Waals surface area contributed by atoms with Gasteiger partial charge in [0.2, 0.25) is 5.91 Å². The smallest absolute Gasteiger partial charge is 0.246 e. The summed E-state index contributed by atoms with van der Waals surface area (Å²) in [4.78, 5) is 11.8. The Labute approximate surface area is 124 Å². The van der Waals surface area contributed by atoms with Gasteiger partial charge in [0, 0.05) is 18.0 Å². The van der Waals surface area contributed by atoms with E-state index >= 15 is 0 Å². The van der Waals surface area contributed by atoms with Crippen molar-refractivity contribution in [3.8, 4) is 11.5 Å². The Morgan fingerprint density at radius 2 is 2.00 bits per heavy atom. The number of halogens is 1. The van der Waals surface area contributed by atoms with Gasteiger partial charge in [-0.2, -0.15) is 0 Å². The fourth-order valence-electron chi connectivity index (χ4n) is 1.67. The number of hydrogen-bond acceptors (Lipinski definition) is 3. The number of nitrogens with one attached hydrogen (secondary N) is 1. The zero-order chi connectivity index (χ0) is 15.0. The predicted molar refractivity (Wildman–Crippen MR) is 81.5 cm³/mol. The molecule has 1 aromatic carbocycles. The maximum atomic E-state index is 11.8. The van der Waals surface area contributed by atoms with Crippen LogP contribution < -0.4 is 14.8 Å². The molecule has 0 radical (unpaired) electrons. The Balaban J connectivity index is 2.79. The lowest BCUT2D eigenvalue weighted by atomic mass is 10.1. The van der Waals surface area contributed by atoms with E-state index < -0.39 is 0 Å². The van der Waals surface area contributed by atoms with Crippen molar-refractivity contribution in [3.05, 3.63) is 29.3 Å². The minimum absolute atomic E-state index is 0.0927. The van der Waals surface area contributed by atoms with E-state index in [2.05, 4.69) is 5.32 Å². The first-order valence-electron chi connectivity index (χ1n) is 6.37. The molecule has 1 amide bonds. The molecular weight excluding hydrogens is 278 g/mol. The molecule has 0 unspecified atom stereocenters. The Morgan fingerprint density at radius 3 is 2.60 bits per heavy atom. The zero-order valence-corrected chi connectivity index (χ0v) is 12.8. The van der Waals surface area contributed by atoms with Gasteiger partial charge in [0.25, 0.3) is 0 Å². The summed E-state index contributed by atoms with van der Waals surface area (Å²) >= 11 is 5.56. The SMILES string of the molecule is COc1ccc(/C=C(\C)C(=O)NCCCCl)cc1OC. The molecule has 0 spiro atoms. The second-order valence-electron chi connectivity index (χ2n) is 4.24. The van der Waals surface area contributed by atoms with Crippen molar-refractivity contribution in [2.75, 3.05) is 26.6 Å². The monoisotopic (exact) mass is 297 g/mol. The van der Waals surface area contributed by atoms with Gasteiger partial charge in [0.1, 0.15) is 0 Å². The van der Waals surface area contributed by atoms with E-state index in [1.807, 2.05) is 18.2 Å². The van der Waals surface area contributed by atoms with Crippen molar-refractivity contribution in [3.63, 3.8) is 0 Å². The number of amides is 1.